The van der Waals surface area contributed by atoms with Crippen LogP contribution >= 0.6 is 0 Å². The van der Waals surface area contributed by atoms with Crippen molar-refractivity contribution < 1.29 is 9.72 Å². The van der Waals surface area contributed by atoms with E-state index in [2.05, 4.69) is 24.1 Å². The van der Waals surface area contributed by atoms with E-state index in [4.69, 9.17) is 0 Å². The number of amides is 1. The summed E-state index contributed by atoms with van der Waals surface area (Å²) in [6, 6.07) is 4.99. The summed E-state index contributed by atoms with van der Waals surface area (Å²) in [4.78, 5) is 25.1. The van der Waals surface area contributed by atoms with E-state index in [9.17, 15) is 14.9 Å². The lowest BCUT2D eigenvalue weighted by Gasteiger charge is -2.25. The van der Waals surface area contributed by atoms with Crippen LogP contribution in [0.3, 0.4) is 0 Å². The van der Waals surface area contributed by atoms with Gasteiger partial charge in [0.05, 0.1) is 4.92 Å². The van der Waals surface area contributed by atoms with Gasteiger partial charge in [-0.1, -0.05) is 6.92 Å². The van der Waals surface area contributed by atoms with Gasteiger partial charge in [-0.25, -0.2) is 0 Å². The van der Waals surface area contributed by atoms with E-state index in [0.29, 0.717) is 17.2 Å². The van der Waals surface area contributed by atoms with Crippen LogP contribution in [-0.2, 0) is 0 Å². The third kappa shape index (κ3) is 3.21. The number of nitro groups is 1. The number of nitrogens with one attached hydrogen (secondary N) is 1. The number of anilines is 1. The maximum atomic E-state index is 12.0. The number of rotatable bonds is 4. The zero-order valence-corrected chi connectivity index (χ0v) is 13.5. The molecule has 6 heteroatoms. The number of hydrogen-bond donors (Lipinski definition) is 1. The van der Waals surface area contributed by atoms with E-state index in [-0.39, 0.29) is 23.7 Å². The van der Waals surface area contributed by atoms with Crippen molar-refractivity contribution in [3.05, 3.63) is 33.9 Å². The number of carbonyl (C=O) groups excluding carboxylic acids is 1. The highest BCUT2D eigenvalue weighted by atomic mass is 16.6. The average Bonchev–Trinajstić information content (AvgIpc) is 2.77. The lowest BCUT2D eigenvalue weighted by Crippen LogP contribution is -2.31. The quantitative estimate of drug-likeness (QED) is 0.685. The topological polar surface area (TPSA) is 75.5 Å². The molecule has 6 nitrogen and oxygen atoms in total. The van der Waals surface area contributed by atoms with Crippen LogP contribution in [0.5, 0.6) is 0 Å². The Morgan fingerprint density at radius 3 is 2.59 bits per heavy atom. The Labute approximate surface area is 130 Å². The van der Waals surface area contributed by atoms with E-state index in [0.717, 1.165) is 13.0 Å². The SMILES string of the molecule is CC(C)NC(=O)c1ccc(N2CCC(C)C2C)c([N+](=O)[O-])c1. The molecule has 0 bridgehead atoms. The van der Waals surface area contributed by atoms with E-state index in [1.807, 2.05) is 13.8 Å². The predicted octanol–water partition coefficient (Wildman–Crippen LogP) is 2.97. The molecule has 1 aliphatic heterocycles. The lowest BCUT2D eigenvalue weighted by atomic mass is 10.0. The fourth-order valence-electron chi connectivity index (χ4n) is 2.83. The van der Waals surface area contributed by atoms with Gasteiger partial charge < -0.3 is 10.2 Å². The van der Waals surface area contributed by atoms with Crippen molar-refractivity contribution in [3.63, 3.8) is 0 Å². The normalized spacial score (nSPS) is 21.2. The summed E-state index contributed by atoms with van der Waals surface area (Å²) in [6.45, 7) is 8.75. The first-order chi connectivity index (χ1) is 10.3. The summed E-state index contributed by atoms with van der Waals surface area (Å²) in [5.41, 5.74) is 0.921. The van der Waals surface area contributed by atoms with Crippen molar-refractivity contribution in [1.29, 1.82) is 0 Å². The molecular formula is C16H23N3O3. The van der Waals surface area contributed by atoms with E-state index in [1.165, 1.54) is 6.07 Å². The summed E-state index contributed by atoms with van der Waals surface area (Å²) in [5, 5.41) is 14.2. The largest absolute Gasteiger partial charge is 0.363 e. The van der Waals surface area contributed by atoms with Crippen molar-refractivity contribution in [3.8, 4) is 0 Å². The molecule has 2 unspecified atom stereocenters. The fraction of sp³-hybridized carbons (Fsp3) is 0.562. The van der Waals surface area contributed by atoms with Crippen LogP contribution in [0.15, 0.2) is 18.2 Å². The third-order valence-electron chi connectivity index (χ3n) is 4.30. The van der Waals surface area contributed by atoms with Gasteiger partial charge >= 0.3 is 0 Å². The highest BCUT2D eigenvalue weighted by Gasteiger charge is 2.32. The molecule has 1 heterocycles. The Morgan fingerprint density at radius 1 is 1.41 bits per heavy atom. The molecule has 1 saturated heterocycles. The second-order valence-corrected chi connectivity index (χ2v) is 6.29. The van der Waals surface area contributed by atoms with Gasteiger partial charge in [-0.2, -0.15) is 0 Å². The zero-order chi connectivity index (χ0) is 16.4. The summed E-state index contributed by atoms with van der Waals surface area (Å²) in [7, 11) is 0. The third-order valence-corrected chi connectivity index (χ3v) is 4.30. The average molecular weight is 305 g/mol. The minimum absolute atomic E-state index is 0.00245. The molecule has 0 radical (unpaired) electrons. The summed E-state index contributed by atoms with van der Waals surface area (Å²) >= 11 is 0. The number of nitrogens with zero attached hydrogens (tertiary/aromatic N) is 2. The minimum Gasteiger partial charge on any atom is -0.363 e. The maximum absolute atomic E-state index is 12.0. The van der Waals surface area contributed by atoms with Crippen molar-refractivity contribution in [1.82, 2.24) is 5.32 Å². The fourth-order valence-corrected chi connectivity index (χ4v) is 2.83. The summed E-state index contributed by atoms with van der Waals surface area (Å²) < 4.78 is 0. The zero-order valence-electron chi connectivity index (χ0n) is 13.5. The van der Waals surface area contributed by atoms with Crippen molar-refractivity contribution in [2.45, 2.75) is 46.2 Å². The number of hydrogen-bond acceptors (Lipinski definition) is 4. The first-order valence-electron chi connectivity index (χ1n) is 7.67. The molecule has 1 fully saturated rings. The van der Waals surface area contributed by atoms with Gasteiger partial charge in [-0.05, 0) is 45.2 Å². The van der Waals surface area contributed by atoms with Crippen molar-refractivity contribution in [2.75, 3.05) is 11.4 Å². The molecule has 0 aromatic heterocycles. The number of nitro benzene ring substituents is 1. The molecule has 0 spiro atoms. The van der Waals surface area contributed by atoms with Gasteiger partial charge in [0, 0.05) is 30.3 Å². The van der Waals surface area contributed by atoms with Crippen LogP contribution in [0.1, 0.15) is 44.5 Å². The molecule has 0 saturated carbocycles. The molecule has 120 valence electrons. The molecule has 1 amide bonds. The maximum Gasteiger partial charge on any atom is 0.293 e. The molecule has 1 aromatic carbocycles. The standard InChI is InChI=1S/C16H23N3O3/c1-10(2)17-16(20)13-5-6-14(15(9-13)19(21)22)18-8-7-11(3)12(18)4/h5-6,9-12H,7-8H2,1-4H3,(H,17,20). The summed E-state index contributed by atoms with van der Waals surface area (Å²) in [5.74, 6) is 0.219. The van der Waals surface area contributed by atoms with Crippen LogP contribution in [0.4, 0.5) is 11.4 Å². The van der Waals surface area contributed by atoms with Gasteiger partial charge in [0.2, 0.25) is 0 Å². The molecule has 1 aromatic rings. The number of benzene rings is 1. The second-order valence-electron chi connectivity index (χ2n) is 6.29. The van der Waals surface area contributed by atoms with Gasteiger partial charge in [0.25, 0.3) is 11.6 Å². The van der Waals surface area contributed by atoms with Crippen LogP contribution in [0.25, 0.3) is 0 Å². The molecule has 1 aliphatic rings. The van der Waals surface area contributed by atoms with E-state index >= 15 is 0 Å². The Balaban J connectivity index is 2.36. The first kappa shape index (κ1) is 16.3. The number of carbonyl (C=O) groups is 1. The van der Waals surface area contributed by atoms with Crippen LogP contribution < -0.4 is 10.2 Å². The first-order valence-corrected chi connectivity index (χ1v) is 7.67. The lowest BCUT2D eigenvalue weighted by molar-refractivity contribution is -0.384. The van der Waals surface area contributed by atoms with Crippen LogP contribution in [-0.4, -0.2) is 29.5 Å². The van der Waals surface area contributed by atoms with Crippen LogP contribution in [0.2, 0.25) is 0 Å². The van der Waals surface area contributed by atoms with Gasteiger partial charge in [0.1, 0.15) is 5.69 Å². The van der Waals surface area contributed by atoms with Gasteiger partial charge in [0.15, 0.2) is 0 Å². The van der Waals surface area contributed by atoms with Crippen molar-refractivity contribution in [2.24, 2.45) is 5.92 Å². The molecule has 1 N–H and O–H groups in total. The molecular weight excluding hydrogens is 282 g/mol. The van der Waals surface area contributed by atoms with E-state index < -0.39 is 4.92 Å². The Morgan fingerprint density at radius 2 is 2.09 bits per heavy atom. The van der Waals surface area contributed by atoms with Crippen molar-refractivity contribution >= 4 is 17.3 Å². The Hall–Kier alpha value is -2.11. The van der Waals surface area contributed by atoms with Gasteiger partial charge in [-0.3, -0.25) is 14.9 Å². The highest BCUT2D eigenvalue weighted by molar-refractivity contribution is 5.96. The highest BCUT2D eigenvalue weighted by Crippen LogP contribution is 2.36. The molecule has 22 heavy (non-hydrogen) atoms. The second kappa shape index (κ2) is 6.34. The monoisotopic (exact) mass is 305 g/mol. The van der Waals surface area contributed by atoms with Gasteiger partial charge in [-0.15, -0.1) is 0 Å². The summed E-state index contributed by atoms with van der Waals surface area (Å²) in [6.07, 6.45) is 1.02. The van der Waals surface area contributed by atoms with Crippen LogP contribution in [0, 0.1) is 16.0 Å². The Kier molecular flexibility index (Phi) is 4.68. The molecule has 2 atom stereocenters. The minimum atomic E-state index is -0.406. The smallest absolute Gasteiger partial charge is 0.293 e. The predicted molar refractivity (Wildman–Crippen MR) is 86.3 cm³/mol. The molecule has 0 aliphatic carbocycles. The Bertz CT molecular complexity index is 586. The van der Waals surface area contributed by atoms with E-state index in [1.54, 1.807) is 12.1 Å². The molecule has 2 rings (SSSR count).